The van der Waals surface area contributed by atoms with Gasteiger partial charge in [-0.05, 0) is 19.0 Å². The topological polar surface area (TPSA) is 61.6 Å². The third-order valence-corrected chi connectivity index (χ3v) is 2.48. The van der Waals surface area contributed by atoms with Crippen LogP contribution in [-0.4, -0.2) is 18.4 Å². The molecule has 0 aliphatic heterocycles. The molecule has 0 saturated heterocycles. The Morgan fingerprint density at radius 3 is 2.85 bits per heavy atom. The second-order valence-electron chi connectivity index (χ2n) is 2.56. The fourth-order valence-corrected chi connectivity index (χ4v) is 1.76. The van der Waals surface area contributed by atoms with Crippen LogP contribution in [0.5, 0.6) is 5.88 Å². The van der Waals surface area contributed by atoms with E-state index in [0.29, 0.717) is 12.4 Å². The molecule has 0 aliphatic rings. The van der Waals surface area contributed by atoms with Gasteiger partial charge in [-0.15, -0.1) is 0 Å². The number of rotatable bonds is 4. The molecule has 1 aromatic heterocycles. The lowest BCUT2D eigenvalue weighted by Crippen LogP contribution is -1.95. The van der Waals surface area contributed by atoms with Crippen molar-refractivity contribution in [3.05, 3.63) is 11.8 Å². The van der Waals surface area contributed by atoms with E-state index in [-0.39, 0.29) is 5.88 Å². The fourth-order valence-electron chi connectivity index (χ4n) is 0.817. The highest BCUT2D eigenvalue weighted by Gasteiger charge is 2.19. The van der Waals surface area contributed by atoms with Crippen LogP contribution in [0.4, 0.5) is 0 Å². The molecule has 5 nitrogen and oxygen atoms in total. The number of hydrogen-bond acceptors (Lipinski definition) is 5. The molecule has 0 bridgehead atoms. The van der Waals surface area contributed by atoms with Gasteiger partial charge in [0, 0.05) is 12.7 Å². The standard InChI is InChI=1S/C7H12NO4P/c1-4-10-13(3,9)12-7-5-6(2)11-8-7/h5H,4H2,1-3H3. The summed E-state index contributed by atoms with van der Waals surface area (Å²) in [5, 5.41) is 3.53. The van der Waals surface area contributed by atoms with E-state index in [4.69, 9.17) is 13.6 Å². The van der Waals surface area contributed by atoms with Crippen LogP contribution >= 0.6 is 7.60 Å². The van der Waals surface area contributed by atoms with Crippen molar-refractivity contribution in [3.63, 3.8) is 0 Å². The highest BCUT2D eigenvalue weighted by Crippen LogP contribution is 2.43. The Labute approximate surface area is 76.5 Å². The van der Waals surface area contributed by atoms with E-state index in [9.17, 15) is 4.57 Å². The molecule has 0 saturated carbocycles. The SMILES string of the molecule is CCOP(C)(=O)Oc1cc(C)on1. The average molecular weight is 205 g/mol. The van der Waals surface area contributed by atoms with E-state index in [1.54, 1.807) is 19.9 Å². The van der Waals surface area contributed by atoms with Gasteiger partial charge in [0.25, 0.3) is 5.88 Å². The minimum Gasteiger partial charge on any atom is -0.403 e. The summed E-state index contributed by atoms with van der Waals surface area (Å²) in [4.78, 5) is 0. The van der Waals surface area contributed by atoms with Gasteiger partial charge < -0.3 is 13.6 Å². The summed E-state index contributed by atoms with van der Waals surface area (Å²) >= 11 is 0. The molecule has 0 amide bonds. The van der Waals surface area contributed by atoms with Crippen molar-refractivity contribution < 1.29 is 18.1 Å². The summed E-state index contributed by atoms with van der Waals surface area (Å²) in [7, 11) is -3.02. The molecule has 0 aliphatic carbocycles. The Bertz CT molecular complexity index is 322. The molecule has 0 spiro atoms. The second-order valence-corrected chi connectivity index (χ2v) is 4.54. The smallest absolute Gasteiger partial charge is 0.377 e. The molecule has 1 rings (SSSR count). The zero-order valence-corrected chi connectivity index (χ0v) is 8.71. The Morgan fingerprint density at radius 1 is 1.69 bits per heavy atom. The zero-order valence-electron chi connectivity index (χ0n) is 7.81. The Morgan fingerprint density at radius 2 is 2.38 bits per heavy atom. The lowest BCUT2D eigenvalue weighted by molar-refractivity contribution is 0.275. The molecule has 74 valence electrons. The summed E-state index contributed by atoms with van der Waals surface area (Å²) in [5.41, 5.74) is 0. The summed E-state index contributed by atoms with van der Waals surface area (Å²) < 4.78 is 26.1. The maximum absolute atomic E-state index is 11.5. The van der Waals surface area contributed by atoms with Gasteiger partial charge in [-0.3, -0.25) is 0 Å². The van der Waals surface area contributed by atoms with Crippen LogP contribution in [0.25, 0.3) is 0 Å². The predicted octanol–water partition coefficient (Wildman–Crippen LogP) is 2.22. The van der Waals surface area contributed by atoms with E-state index >= 15 is 0 Å². The first-order valence-electron chi connectivity index (χ1n) is 3.88. The van der Waals surface area contributed by atoms with E-state index in [0.717, 1.165) is 0 Å². The lowest BCUT2D eigenvalue weighted by Gasteiger charge is -2.10. The normalized spacial score (nSPS) is 15.3. The maximum atomic E-state index is 11.5. The number of nitrogens with zero attached hydrogens (tertiary/aromatic N) is 1. The largest absolute Gasteiger partial charge is 0.403 e. The zero-order chi connectivity index (χ0) is 9.90. The molecule has 0 aromatic carbocycles. The summed E-state index contributed by atoms with van der Waals surface area (Å²) in [6, 6.07) is 1.55. The molecule has 1 unspecified atom stereocenters. The number of aromatic nitrogens is 1. The second kappa shape index (κ2) is 3.94. The van der Waals surface area contributed by atoms with Gasteiger partial charge >= 0.3 is 7.60 Å². The monoisotopic (exact) mass is 205 g/mol. The summed E-state index contributed by atoms with van der Waals surface area (Å²) in [5.74, 6) is 0.795. The van der Waals surface area contributed by atoms with Crippen molar-refractivity contribution in [2.75, 3.05) is 13.3 Å². The molecule has 13 heavy (non-hydrogen) atoms. The van der Waals surface area contributed by atoms with E-state index in [1.165, 1.54) is 6.66 Å². The first kappa shape index (κ1) is 10.3. The van der Waals surface area contributed by atoms with Gasteiger partial charge in [-0.25, -0.2) is 4.57 Å². The van der Waals surface area contributed by atoms with Crippen molar-refractivity contribution >= 4 is 7.60 Å². The quantitative estimate of drug-likeness (QED) is 0.705. The van der Waals surface area contributed by atoms with Gasteiger partial charge in [0.15, 0.2) is 0 Å². The Hall–Kier alpha value is -0.800. The highest BCUT2D eigenvalue weighted by atomic mass is 31.2. The van der Waals surface area contributed by atoms with Crippen LogP contribution in [0.15, 0.2) is 10.6 Å². The minimum atomic E-state index is -3.02. The highest BCUT2D eigenvalue weighted by molar-refractivity contribution is 7.53. The molecule has 6 heteroatoms. The Balaban J connectivity index is 2.63. The van der Waals surface area contributed by atoms with E-state index < -0.39 is 7.60 Å². The molecule has 0 radical (unpaired) electrons. The average Bonchev–Trinajstić information content (AvgIpc) is 2.34. The van der Waals surface area contributed by atoms with Crippen molar-refractivity contribution in [2.45, 2.75) is 13.8 Å². The van der Waals surface area contributed by atoms with Crippen LogP contribution in [0.1, 0.15) is 12.7 Å². The van der Waals surface area contributed by atoms with Crippen molar-refractivity contribution in [1.29, 1.82) is 0 Å². The molecule has 1 atom stereocenters. The molecule has 1 heterocycles. The van der Waals surface area contributed by atoms with Gasteiger partial charge in [-0.2, -0.15) is 0 Å². The van der Waals surface area contributed by atoms with Crippen molar-refractivity contribution in [2.24, 2.45) is 0 Å². The first-order valence-corrected chi connectivity index (χ1v) is 5.87. The van der Waals surface area contributed by atoms with Gasteiger partial charge in [0.05, 0.1) is 6.61 Å². The minimum absolute atomic E-state index is 0.191. The van der Waals surface area contributed by atoms with Gasteiger partial charge in [0.1, 0.15) is 5.76 Å². The summed E-state index contributed by atoms with van der Waals surface area (Å²) in [6.45, 7) is 5.19. The fraction of sp³-hybridized carbons (Fsp3) is 0.571. The molecule has 0 fully saturated rings. The molecular formula is C7H12NO4P. The molecule has 1 aromatic rings. The van der Waals surface area contributed by atoms with Crippen LogP contribution in [0, 0.1) is 6.92 Å². The van der Waals surface area contributed by atoms with Gasteiger partial charge in [0.2, 0.25) is 0 Å². The van der Waals surface area contributed by atoms with E-state index in [2.05, 4.69) is 5.16 Å². The maximum Gasteiger partial charge on any atom is 0.377 e. The van der Waals surface area contributed by atoms with Gasteiger partial charge in [-0.1, -0.05) is 0 Å². The van der Waals surface area contributed by atoms with Crippen LogP contribution in [0.2, 0.25) is 0 Å². The van der Waals surface area contributed by atoms with E-state index in [1.807, 2.05) is 0 Å². The lowest BCUT2D eigenvalue weighted by atomic mass is 10.5. The molecule has 0 N–H and O–H groups in total. The van der Waals surface area contributed by atoms with Crippen LogP contribution in [0.3, 0.4) is 0 Å². The number of hydrogen-bond donors (Lipinski definition) is 0. The van der Waals surface area contributed by atoms with Crippen LogP contribution in [-0.2, 0) is 9.09 Å². The van der Waals surface area contributed by atoms with Crippen LogP contribution < -0.4 is 4.52 Å². The predicted molar refractivity (Wildman–Crippen MR) is 47.0 cm³/mol. The van der Waals surface area contributed by atoms with Crippen molar-refractivity contribution in [3.8, 4) is 5.88 Å². The first-order chi connectivity index (χ1) is 6.03. The Kier molecular flexibility index (Phi) is 3.12. The molecular weight excluding hydrogens is 193 g/mol. The third kappa shape index (κ3) is 3.20. The summed E-state index contributed by atoms with van der Waals surface area (Å²) in [6.07, 6.45) is 0. The number of aryl methyl sites for hydroxylation is 1. The van der Waals surface area contributed by atoms with Crippen molar-refractivity contribution in [1.82, 2.24) is 5.16 Å². The third-order valence-electron chi connectivity index (χ3n) is 1.23.